The molecule has 2 N–H and O–H groups in total. The molecular formula is C21H25N5O. The molecule has 4 heterocycles. The summed E-state index contributed by atoms with van der Waals surface area (Å²) in [5, 5.41) is 5.09. The topological polar surface area (TPSA) is 73.9 Å². The number of likely N-dealkylation sites (tertiary alicyclic amines) is 1. The number of hydrogen-bond acceptors (Lipinski definition) is 5. The zero-order valence-corrected chi connectivity index (χ0v) is 15.8. The van der Waals surface area contributed by atoms with Crippen molar-refractivity contribution in [2.24, 2.45) is 0 Å². The quantitative estimate of drug-likeness (QED) is 0.746. The van der Waals surface area contributed by atoms with Gasteiger partial charge in [-0.25, -0.2) is 4.98 Å². The molecule has 0 spiro atoms. The van der Waals surface area contributed by atoms with Gasteiger partial charge in [0.1, 0.15) is 5.82 Å². The second-order valence-electron chi connectivity index (χ2n) is 7.46. The maximum absolute atomic E-state index is 12.5. The average molecular weight is 363 g/mol. The number of aryl methyl sites for hydroxylation is 1. The molecule has 3 aromatic rings. The van der Waals surface area contributed by atoms with Gasteiger partial charge < -0.3 is 15.2 Å². The van der Waals surface area contributed by atoms with Gasteiger partial charge >= 0.3 is 0 Å². The summed E-state index contributed by atoms with van der Waals surface area (Å²) in [7, 11) is 2.14. The number of aromatic amines is 1. The van der Waals surface area contributed by atoms with E-state index in [1.165, 1.54) is 5.56 Å². The minimum Gasteiger partial charge on any atom is -0.367 e. The van der Waals surface area contributed by atoms with E-state index in [1.54, 1.807) is 6.20 Å². The maximum Gasteiger partial charge on any atom is 0.259 e. The summed E-state index contributed by atoms with van der Waals surface area (Å²) in [6, 6.07) is 8.33. The summed E-state index contributed by atoms with van der Waals surface area (Å²) in [6.07, 6.45) is 6.27. The molecule has 0 aromatic carbocycles. The Kier molecular flexibility index (Phi) is 4.90. The Bertz CT molecular complexity index is 1000. The van der Waals surface area contributed by atoms with E-state index < -0.39 is 0 Å². The van der Waals surface area contributed by atoms with Crippen LogP contribution in [0.25, 0.3) is 10.8 Å². The molecule has 6 nitrogen and oxygen atoms in total. The summed E-state index contributed by atoms with van der Waals surface area (Å²) in [5.41, 5.74) is 2.98. The third kappa shape index (κ3) is 4.01. The molecule has 0 aliphatic carbocycles. The normalized spacial score (nSPS) is 15.9. The number of H-pyrrole nitrogens is 1. The van der Waals surface area contributed by atoms with Gasteiger partial charge in [0.05, 0.1) is 5.39 Å². The lowest BCUT2D eigenvalue weighted by Gasteiger charge is -2.30. The van der Waals surface area contributed by atoms with Crippen LogP contribution in [0, 0.1) is 6.92 Å². The molecule has 1 aliphatic heterocycles. The molecule has 27 heavy (non-hydrogen) atoms. The highest BCUT2D eigenvalue weighted by atomic mass is 16.1. The van der Waals surface area contributed by atoms with Gasteiger partial charge in [-0.2, -0.15) is 0 Å². The fraction of sp³-hybridized carbons (Fsp3) is 0.381. The van der Waals surface area contributed by atoms with Crippen LogP contribution in [0.5, 0.6) is 0 Å². The molecule has 140 valence electrons. The zero-order chi connectivity index (χ0) is 18.8. The number of anilines is 1. The first-order valence-electron chi connectivity index (χ1n) is 9.46. The number of nitrogens with zero attached hydrogens (tertiary/aromatic N) is 3. The fourth-order valence-corrected chi connectivity index (χ4v) is 3.69. The highest BCUT2D eigenvalue weighted by Crippen LogP contribution is 2.23. The fourth-order valence-electron chi connectivity index (χ4n) is 3.69. The third-order valence-electron chi connectivity index (χ3n) is 5.20. The molecule has 0 atom stereocenters. The van der Waals surface area contributed by atoms with E-state index in [0.29, 0.717) is 23.7 Å². The Balaban J connectivity index is 1.70. The van der Waals surface area contributed by atoms with Crippen molar-refractivity contribution in [3.63, 3.8) is 0 Å². The van der Waals surface area contributed by atoms with Crippen LogP contribution in [0.3, 0.4) is 0 Å². The number of fused-ring (bicyclic) bond motifs is 1. The zero-order valence-electron chi connectivity index (χ0n) is 15.8. The highest BCUT2D eigenvalue weighted by molar-refractivity contribution is 5.91. The van der Waals surface area contributed by atoms with Gasteiger partial charge in [-0.3, -0.25) is 9.78 Å². The molecular weight excluding hydrogens is 338 g/mol. The van der Waals surface area contributed by atoms with Gasteiger partial charge in [-0.15, -0.1) is 0 Å². The Morgan fingerprint density at radius 2 is 2.04 bits per heavy atom. The number of rotatable bonds is 4. The van der Waals surface area contributed by atoms with E-state index in [4.69, 9.17) is 4.98 Å². The molecule has 0 amide bonds. The molecule has 1 fully saturated rings. The van der Waals surface area contributed by atoms with Crippen LogP contribution in [-0.2, 0) is 6.42 Å². The Morgan fingerprint density at radius 1 is 1.22 bits per heavy atom. The molecule has 0 bridgehead atoms. The Morgan fingerprint density at radius 3 is 2.81 bits per heavy atom. The van der Waals surface area contributed by atoms with Crippen LogP contribution in [0.15, 0.2) is 41.5 Å². The van der Waals surface area contributed by atoms with Gasteiger partial charge in [-0.05, 0) is 75.1 Å². The van der Waals surface area contributed by atoms with Crippen molar-refractivity contribution in [2.75, 3.05) is 25.5 Å². The lowest BCUT2D eigenvalue weighted by atomic mass is 10.0. The second kappa shape index (κ2) is 7.48. The predicted octanol–water partition coefficient (Wildman–Crippen LogP) is 2.72. The first-order valence-corrected chi connectivity index (χ1v) is 9.46. The van der Waals surface area contributed by atoms with Crippen LogP contribution < -0.4 is 10.9 Å². The average Bonchev–Trinajstić information content (AvgIpc) is 2.63. The molecule has 4 rings (SSSR count). The van der Waals surface area contributed by atoms with E-state index in [0.717, 1.165) is 42.7 Å². The predicted molar refractivity (Wildman–Crippen MR) is 108 cm³/mol. The number of nitrogens with one attached hydrogen (secondary N) is 2. The third-order valence-corrected chi connectivity index (χ3v) is 5.20. The van der Waals surface area contributed by atoms with Crippen LogP contribution in [0.4, 0.5) is 5.82 Å². The second-order valence-corrected chi connectivity index (χ2v) is 7.46. The largest absolute Gasteiger partial charge is 0.367 e. The van der Waals surface area contributed by atoms with E-state index in [2.05, 4.69) is 40.2 Å². The molecule has 1 aliphatic rings. The van der Waals surface area contributed by atoms with Crippen molar-refractivity contribution in [1.82, 2.24) is 19.9 Å². The number of piperidine rings is 1. The minimum absolute atomic E-state index is 0.101. The van der Waals surface area contributed by atoms with E-state index in [1.807, 2.05) is 24.4 Å². The van der Waals surface area contributed by atoms with E-state index in [9.17, 15) is 4.79 Å². The van der Waals surface area contributed by atoms with E-state index in [-0.39, 0.29) is 5.56 Å². The summed E-state index contributed by atoms with van der Waals surface area (Å²) in [4.78, 5) is 26.8. The SMILES string of the molecule is Cc1ccnc(Cc2cc3cc[nH]c(=O)c3c(NC3CCN(C)CC3)n2)c1. The van der Waals surface area contributed by atoms with Crippen molar-refractivity contribution in [1.29, 1.82) is 0 Å². The molecule has 3 aromatic heterocycles. The van der Waals surface area contributed by atoms with Crippen molar-refractivity contribution in [3.05, 3.63) is 64.0 Å². The van der Waals surface area contributed by atoms with Gasteiger partial charge in [0.2, 0.25) is 0 Å². The summed E-state index contributed by atoms with van der Waals surface area (Å²) in [5.74, 6) is 0.687. The van der Waals surface area contributed by atoms with Crippen LogP contribution in [-0.4, -0.2) is 46.0 Å². The molecule has 1 saturated heterocycles. The summed E-state index contributed by atoms with van der Waals surface area (Å²) in [6.45, 7) is 4.17. The number of pyridine rings is 3. The first-order chi connectivity index (χ1) is 13.1. The maximum atomic E-state index is 12.5. The van der Waals surface area contributed by atoms with Gasteiger partial charge in [0.25, 0.3) is 5.56 Å². The minimum atomic E-state index is -0.101. The summed E-state index contributed by atoms with van der Waals surface area (Å²) < 4.78 is 0. The molecule has 0 saturated carbocycles. The van der Waals surface area contributed by atoms with Crippen LogP contribution >= 0.6 is 0 Å². The molecule has 0 radical (unpaired) electrons. The Labute approximate surface area is 158 Å². The van der Waals surface area contributed by atoms with Crippen molar-refractivity contribution < 1.29 is 0 Å². The van der Waals surface area contributed by atoms with Crippen molar-refractivity contribution in [2.45, 2.75) is 32.2 Å². The Hall–Kier alpha value is -2.73. The lowest BCUT2D eigenvalue weighted by Crippen LogP contribution is -2.37. The van der Waals surface area contributed by atoms with Crippen molar-refractivity contribution >= 4 is 16.6 Å². The summed E-state index contributed by atoms with van der Waals surface area (Å²) >= 11 is 0. The van der Waals surface area contributed by atoms with E-state index >= 15 is 0 Å². The van der Waals surface area contributed by atoms with Gasteiger partial charge in [0.15, 0.2) is 0 Å². The molecule has 6 heteroatoms. The number of hydrogen-bond donors (Lipinski definition) is 2. The van der Waals surface area contributed by atoms with Crippen LogP contribution in [0.2, 0.25) is 0 Å². The highest BCUT2D eigenvalue weighted by Gasteiger charge is 2.19. The molecule has 0 unspecified atom stereocenters. The van der Waals surface area contributed by atoms with Crippen molar-refractivity contribution in [3.8, 4) is 0 Å². The standard InChI is InChI=1S/C21H25N5O/c1-14-3-7-22-17(11-14)13-18-12-15-4-8-23-21(27)19(15)20(25-18)24-16-5-9-26(2)10-6-16/h3-4,7-8,11-12,16H,5-6,9-10,13H2,1-2H3,(H,23,27)(H,24,25). The van der Waals surface area contributed by atoms with Gasteiger partial charge in [-0.1, -0.05) is 0 Å². The smallest absolute Gasteiger partial charge is 0.259 e. The van der Waals surface area contributed by atoms with Crippen LogP contribution in [0.1, 0.15) is 29.8 Å². The van der Waals surface area contributed by atoms with Gasteiger partial charge in [0, 0.05) is 36.2 Å². The lowest BCUT2D eigenvalue weighted by molar-refractivity contribution is 0.263. The monoisotopic (exact) mass is 363 g/mol. The number of aromatic nitrogens is 3. The first kappa shape index (κ1) is 17.7.